The first-order valence-corrected chi connectivity index (χ1v) is 9.69. The first-order chi connectivity index (χ1) is 13.1. The first-order valence-electron chi connectivity index (χ1n) is 8.93. The van der Waals surface area contributed by atoms with Crippen LogP contribution in [-0.4, -0.2) is 47.3 Å². The van der Waals surface area contributed by atoms with Gasteiger partial charge >= 0.3 is 0 Å². The Morgan fingerprint density at radius 2 is 1.85 bits per heavy atom. The van der Waals surface area contributed by atoms with Crippen molar-refractivity contribution < 1.29 is 4.79 Å². The molecule has 0 N–H and O–H groups in total. The van der Waals surface area contributed by atoms with E-state index in [-0.39, 0.29) is 6.04 Å². The van der Waals surface area contributed by atoms with Crippen LogP contribution in [0.4, 0.5) is 5.69 Å². The van der Waals surface area contributed by atoms with Crippen LogP contribution in [-0.2, 0) is 4.79 Å². The number of fused-ring (bicyclic) bond motifs is 1. The predicted octanol–water partition coefficient (Wildman–Crippen LogP) is 4.23. The number of halogens is 2. The van der Waals surface area contributed by atoms with Gasteiger partial charge in [-0.25, -0.2) is 0 Å². The summed E-state index contributed by atoms with van der Waals surface area (Å²) in [5, 5.41) is 6.95. The second kappa shape index (κ2) is 7.41. The van der Waals surface area contributed by atoms with E-state index in [1.807, 2.05) is 27.9 Å². The summed E-state index contributed by atoms with van der Waals surface area (Å²) in [5.41, 5.74) is 3.18. The zero-order chi connectivity index (χ0) is 19.0. The third-order valence-electron chi connectivity index (χ3n) is 5.19. The number of benzene rings is 2. The minimum atomic E-state index is -0.0190. The quantitative estimate of drug-likeness (QED) is 0.613. The third kappa shape index (κ3) is 3.49. The first kappa shape index (κ1) is 18.1. The Morgan fingerprint density at radius 1 is 1.07 bits per heavy atom. The number of hydrogen-bond acceptors (Lipinski definition) is 3. The molecule has 0 saturated carbocycles. The molecule has 1 aliphatic rings. The molecule has 1 fully saturated rings. The van der Waals surface area contributed by atoms with Crippen molar-refractivity contribution in [3.05, 3.63) is 58.2 Å². The summed E-state index contributed by atoms with van der Waals surface area (Å²) >= 11 is 12.4. The lowest BCUT2D eigenvalue weighted by molar-refractivity contribution is -0.118. The minimum absolute atomic E-state index is 0.0190. The van der Waals surface area contributed by atoms with Gasteiger partial charge in [-0.15, -0.1) is 0 Å². The van der Waals surface area contributed by atoms with Gasteiger partial charge in [0.05, 0.1) is 17.8 Å². The zero-order valence-corrected chi connectivity index (χ0v) is 16.5. The number of amides is 1. The van der Waals surface area contributed by atoms with Gasteiger partial charge in [-0.1, -0.05) is 29.3 Å². The van der Waals surface area contributed by atoms with E-state index < -0.39 is 0 Å². The molecule has 0 spiro atoms. The van der Waals surface area contributed by atoms with Gasteiger partial charge in [0.2, 0.25) is 6.41 Å². The average molecular weight is 403 g/mol. The summed E-state index contributed by atoms with van der Waals surface area (Å²) in [4.78, 5) is 15.0. The largest absolute Gasteiger partial charge is 0.368 e. The summed E-state index contributed by atoms with van der Waals surface area (Å²) in [5.74, 6) is 0. The Balaban J connectivity index is 1.67. The smallest absolute Gasteiger partial charge is 0.209 e. The summed E-state index contributed by atoms with van der Waals surface area (Å²) in [6.45, 7) is 5.24. The molecule has 5 nitrogen and oxygen atoms in total. The Kier molecular flexibility index (Phi) is 4.98. The minimum Gasteiger partial charge on any atom is -0.368 e. The van der Waals surface area contributed by atoms with Crippen LogP contribution in [0, 0.1) is 0 Å². The van der Waals surface area contributed by atoms with E-state index in [1.54, 1.807) is 6.07 Å². The van der Waals surface area contributed by atoms with Gasteiger partial charge in [-0.05, 0) is 42.8 Å². The Morgan fingerprint density at radius 3 is 2.56 bits per heavy atom. The molecule has 2 aromatic carbocycles. The molecule has 1 aliphatic heterocycles. The van der Waals surface area contributed by atoms with E-state index in [2.05, 4.69) is 35.1 Å². The maximum absolute atomic E-state index is 10.9. The van der Waals surface area contributed by atoms with E-state index in [9.17, 15) is 4.79 Å². The van der Waals surface area contributed by atoms with Gasteiger partial charge in [0.15, 0.2) is 0 Å². The Hall–Kier alpha value is -2.24. The molecule has 1 amide bonds. The Bertz CT molecular complexity index is 979. The van der Waals surface area contributed by atoms with E-state index in [0.29, 0.717) is 10.0 Å². The number of hydrogen-bond donors (Lipinski definition) is 0. The number of piperazine rings is 1. The van der Waals surface area contributed by atoms with Crippen molar-refractivity contribution in [2.45, 2.75) is 13.0 Å². The number of carbonyl (C=O) groups excluding carboxylic acids is 1. The van der Waals surface area contributed by atoms with Gasteiger partial charge in [0, 0.05) is 47.3 Å². The molecule has 4 rings (SSSR count). The van der Waals surface area contributed by atoms with E-state index in [4.69, 9.17) is 23.2 Å². The molecule has 7 heteroatoms. The number of rotatable bonds is 4. The maximum Gasteiger partial charge on any atom is 0.209 e. The van der Waals surface area contributed by atoms with Crippen LogP contribution in [0.1, 0.15) is 18.5 Å². The number of carbonyl (C=O) groups is 1. The van der Waals surface area contributed by atoms with Crippen LogP contribution in [0.5, 0.6) is 0 Å². The fourth-order valence-corrected chi connectivity index (χ4v) is 4.16. The maximum atomic E-state index is 10.9. The van der Waals surface area contributed by atoms with Crippen molar-refractivity contribution in [2.75, 3.05) is 31.1 Å². The van der Waals surface area contributed by atoms with Crippen LogP contribution in [0.2, 0.25) is 10.0 Å². The summed E-state index contributed by atoms with van der Waals surface area (Å²) in [6.07, 6.45) is 2.80. The van der Waals surface area contributed by atoms with Crippen molar-refractivity contribution in [1.82, 2.24) is 14.7 Å². The second-order valence-corrected chi connectivity index (χ2v) is 7.65. The van der Waals surface area contributed by atoms with Crippen LogP contribution in [0.25, 0.3) is 10.9 Å². The molecule has 0 aliphatic carbocycles. The molecule has 27 heavy (non-hydrogen) atoms. The lowest BCUT2D eigenvalue weighted by Gasteiger charge is -2.34. The Labute approximate surface area is 168 Å². The molecular formula is C20H20Cl2N4O. The summed E-state index contributed by atoms with van der Waals surface area (Å²) in [6, 6.07) is 11.9. The van der Waals surface area contributed by atoms with Gasteiger partial charge in [0.25, 0.3) is 0 Å². The predicted molar refractivity (Wildman–Crippen MR) is 110 cm³/mol. The van der Waals surface area contributed by atoms with Gasteiger partial charge in [0.1, 0.15) is 0 Å². The monoisotopic (exact) mass is 402 g/mol. The fourth-order valence-electron chi connectivity index (χ4n) is 3.59. The highest BCUT2D eigenvalue weighted by Gasteiger charge is 2.19. The van der Waals surface area contributed by atoms with Gasteiger partial charge in [-0.3, -0.25) is 9.48 Å². The van der Waals surface area contributed by atoms with Crippen molar-refractivity contribution in [3.63, 3.8) is 0 Å². The molecule has 1 unspecified atom stereocenters. The molecule has 140 valence electrons. The van der Waals surface area contributed by atoms with E-state index in [1.165, 1.54) is 0 Å². The highest BCUT2D eigenvalue weighted by atomic mass is 35.5. The molecule has 1 atom stereocenters. The standard InChI is InChI=1S/C20H20Cl2N4O/c1-14(18-5-3-16(21)10-19(18)22)26-20-11-17(4-2-15(20)12-23-26)25-8-6-24(13-27)7-9-25/h2-5,10-14H,6-9H2,1H3. The van der Waals surface area contributed by atoms with Gasteiger partial charge < -0.3 is 9.80 Å². The second-order valence-electron chi connectivity index (χ2n) is 6.80. The SMILES string of the molecule is CC(c1ccc(Cl)cc1Cl)n1ncc2ccc(N3CCN(C=O)CC3)cc21. The molecular weight excluding hydrogens is 383 g/mol. The topological polar surface area (TPSA) is 41.4 Å². The highest BCUT2D eigenvalue weighted by molar-refractivity contribution is 6.35. The molecule has 0 radical (unpaired) electrons. The molecule has 3 aromatic rings. The summed E-state index contributed by atoms with van der Waals surface area (Å²) < 4.78 is 2.00. The van der Waals surface area contributed by atoms with Crippen LogP contribution >= 0.6 is 23.2 Å². The third-order valence-corrected chi connectivity index (χ3v) is 5.75. The van der Waals surface area contributed by atoms with E-state index in [0.717, 1.165) is 54.7 Å². The molecule has 0 bridgehead atoms. The van der Waals surface area contributed by atoms with Crippen molar-refractivity contribution in [2.24, 2.45) is 0 Å². The fraction of sp³-hybridized carbons (Fsp3) is 0.300. The van der Waals surface area contributed by atoms with Gasteiger partial charge in [-0.2, -0.15) is 5.10 Å². The van der Waals surface area contributed by atoms with Crippen LogP contribution < -0.4 is 4.90 Å². The lowest BCUT2D eigenvalue weighted by Crippen LogP contribution is -2.45. The van der Waals surface area contributed by atoms with Crippen LogP contribution in [0.15, 0.2) is 42.6 Å². The lowest BCUT2D eigenvalue weighted by atomic mass is 10.1. The normalized spacial score (nSPS) is 16.0. The van der Waals surface area contributed by atoms with Crippen LogP contribution in [0.3, 0.4) is 0 Å². The highest BCUT2D eigenvalue weighted by Crippen LogP contribution is 2.31. The average Bonchev–Trinajstić information content (AvgIpc) is 3.11. The number of anilines is 1. The van der Waals surface area contributed by atoms with Crippen molar-refractivity contribution >= 4 is 46.2 Å². The van der Waals surface area contributed by atoms with Crippen molar-refractivity contribution in [3.8, 4) is 0 Å². The van der Waals surface area contributed by atoms with Crippen molar-refractivity contribution in [1.29, 1.82) is 0 Å². The summed E-state index contributed by atoms with van der Waals surface area (Å²) in [7, 11) is 0. The zero-order valence-electron chi connectivity index (χ0n) is 15.0. The molecule has 1 saturated heterocycles. The van der Waals surface area contributed by atoms with E-state index >= 15 is 0 Å². The number of nitrogens with zero attached hydrogens (tertiary/aromatic N) is 4. The molecule has 2 heterocycles. The number of aromatic nitrogens is 2. The molecule has 1 aromatic heterocycles.